The van der Waals surface area contributed by atoms with E-state index in [0.29, 0.717) is 10.9 Å². The van der Waals surface area contributed by atoms with E-state index < -0.39 is 18.1 Å². The van der Waals surface area contributed by atoms with Crippen molar-refractivity contribution in [2.75, 3.05) is 5.43 Å². The zero-order chi connectivity index (χ0) is 18.0. The Hall–Kier alpha value is -3.07. The van der Waals surface area contributed by atoms with Crippen LogP contribution in [0.25, 0.3) is 10.9 Å². The predicted octanol–water partition coefficient (Wildman–Crippen LogP) is 3.04. The summed E-state index contributed by atoms with van der Waals surface area (Å²) in [7, 11) is 0. The maximum absolute atomic E-state index is 12.4. The number of carbonyl (C=O) groups is 1. The van der Waals surface area contributed by atoms with E-state index in [1.807, 2.05) is 0 Å². The first-order valence-electron chi connectivity index (χ1n) is 7.06. The Morgan fingerprint density at radius 1 is 1.16 bits per heavy atom. The fraction of sp³-hybridized carbons (Fsp3) is 0.0625. The number of hydrogen-bond acceptors (Lipinski definition) is 4. The van der Waals surface area contributed by atoms with Gasteiger partial charge in [0.2, 0.25) is 0 Å². The van der Waals surface area contributed by atoms with Crippen LogP contribution in [0.2, 0.25) is 0 Å². The first-order chi connectivity index (χ1) is 12.0. The van der Waals surface area contributed by atoms with Gasteiger partial charge < -0.3 is 9.72 Å². The number of benzene rings is 2. The molecule has 0 saturated heterocycles. The summed E-state index contributed by atoms with van der Waals surface area (Å²) in [6.45, 7) is -2.95. The monoisotopic (exact) mass is 363 g/mol. The molecule has 0 aliphatic rings. The minimum absolute atomic E-state index is 0.0229. The molecule has 2 aromatic carbocycles. The normalized spacial score (nSPS) is 10.8. The summed E-state index contributed by atoms with van der Waals surface area (Å²) in [6, 6.07) is 11.8. The van der Waals surface area contributed by atoms with Crippen molar-refractivity contribution in [3.8, 4) is 5.75 Å². The van der Waals surface area contributed by atoms with Crippen LogP contribution in [0.5, 0.6) is 5.75 Å². The Labute approximate surface area is 144 Å². The summed E-state index contributed by atoms with van der Waals surface area (Å²) in [5.74, 6) is -0.702. The first-order valence-corrected chi connectivity index (χ1v) is 7.47. The second kappa shape index (κ2) is 6.81. The SMILES string of the molecule is O=C(Nn1c(=S)[nH]c2ccccc2c1=O)c1ccc(OC(F)F)cc1. The van der Waals surface area contributed by atoms with Gasteiger partial charge >= 0.3 is 6.61 Å². The van der Waals surface area contributed by atoms with Crippen molar-refractivity contribution in [2.24, 2.45) is 0 Å². The number of carbonyl (C=O) groups excluding carboxylic acids is 1. The van der Waals surface area contributed by atoms with Crippen LogP contribution in [-0.4, -0.2) is 22.2 Å². The molecule has 9 heteroatoms. The minimum atomic E-state index is -2.95. The number of para-hydroxylation sites is 1. The van der Waals surface area contributed by atoms with Crippen molar-refractivity contribution in [1.29, 1.82) is 0 Å². The number of nitrogens with zero attached hydrogens (tertiary/aromatic N) is 1. The van der Waals surface area contributed by atoms with E-state index in [2.05, 4.69) is 15.1 Å². The molecule has 128 valence electrons. The van der Waals surface area contributed by atoms with Gasteiger partial charge in [0, 0.05) is 5.56 Å². The summed E-state index contributed by atoms with van der Waals surface area (Å²) in [6.07, 6.45) is 0. The molecule has 6 nitrogen and oxygen atoms in total. The molecule has 3 aromatic rings. The lowest BCUT2D eigenvalue weighted by Crippen LogP contribution is -2.34. The number of aromatic nitrogens is 2. The summed E-state index contributed by atoms with van der Waals surface area (Å²) in [5.41, 5.74) is 2.61. The van der Waals surface area contributed by atoms with Crippen LogP contribution in [0.15, 0.2) is 53.3 Å². The van der Waals surface area contributed by atoms with Crippen molar-refractivity contribution in [3.05, 3.63) is 69.2 Å². The van der Waals surface area contributed by atoms with E-state index in [0.717, 1.165) is 4.68 Å². The molecule has 0 aliphatic heterocycles. The summed E-state index contributed by atoms with van der Waals surface area (Å²) in [4.78, 5) is 27.6. The molecule has 0 bridgehead atoms. The third-order valence-electron chi connectivity index (χ3n) is 3.36. The number of hydrogen-bond donors (Lipinski definition) is 2. The maximum Gasteiger partial charge on any atom is 0.387 e. The van der Waals surface area contributed by atoms with Gasteiger partial charge in [-0.15, -0.1) is 0 Å². The van der Waals surface area contributed by atoms with Crippen LogP contribution in [-0.2, 0) is 0 Å². The number of nitrogens with one attached hydrogen (secondary N) is 2. The number of rotatable bonds is 4. The molecule has 0 atom stereocenters. The average Bonchev–Trinajstić information content (AvgIpc) is 2.58. The number of halogens is 2. The zero-order valence-corrected chi connectivity index (χ0v) is 13.3. The molecule has 25 heavy (non-hydrogen) atoms. The largest absolute Gasteiger partial charge is 0.435 e. The van der Waals surface area contributed by atoms with E-state index in [-0.39, 0.29) is 16.1 Å². The average molecular weight is 363 g/mol. The smallest absolute Gasteiger partial charge is 0.387 e. The van der Waals surface area contributed by atoms with Crippen LogP contribution in [0.4, 0.5) is 8.78 Å². The molecule has 0 radical (unpaired) electrons. The second-order valence-electron chi connectivity index (χ2n) is 4.96. The van der Waals surface area contributed by atoms with Gasteiger partial charge in [0.05, 0.1) is 10.9 Å². The molecule has 0 fully saturated rings. The molecule has 2 N–H and O–H groups in total. The lowest BCUT2D eigenvalue weighted by atomic mass is 10.2. The topological polar surface area (TPSA) is 76.1 Å². The maximum atomic E-state index is 12.4. The highest BCUT2D eigenvalue weighted by atomic mass is 32.1. The summed E-state index contributed by atoms with van der Waals surface area (Å²) >= 11 is 5.09. The molecular formula is C16H11F2N3O3S. The molecule has 0 aliphatic carbocycles. The van der Waals surface area contributed by atoms with Crippen molar-refractivity contribution in [1.82, 2.24) is 9.66 Å². The second-order valence-corrected chi connectivity index (χ2v) is 5.35. The molecule has 1 heterocycles. The van der Waals surface area contributed by atoms with Gasteiger partial charge in [0.15, 0.2) is 4.77 Å². The molecule has 1 aromatic heterocycles. The van der Waals surface area contributed by atoms with Crippen LogP contribution < -0.4 is 15.7 Å². The number of alkyl halides is 2. The zero-order valence-electron chi connectivity index (χ0n) is 12.5. The summed E-state index contributed by atoms with van der Waals surface area (Å²) in [5, 5.41) is 0.358. The lowest BCUT2D eigenvalue weighted by molar-refractivity contribution is -0.0498. The van der Waals surface area contributed by atoms with E-state index in [1.165, 1.54) is 24.3 Å². The lowest BCUT2D eigenvalue weighted by Gasteiger charge is -2.10. The number of aromatic amines is 1. The minimum Gasteiger partial charge on any atom is -0.435 e. The standard InChI is InChI=1S/C16H11F2N3O3S/c17-15(18)24-10-7-5-9(6-8-10)13(22)20-21-14(23)11-3-1-2-4-12(11)19-16(21)25/h1-8,15H,(H,19,25)(H,20,22). The molecule has 3 rings (SSSR count). The Morgan fingerprint density at radius 3 is 2.52 bits per heavy atom. The van der Waals surface area contributed by atoms with E-state index in [4.69, 9.17) is 12.2 Å². The molecule has 0 spiro atoms. The van der Waals surface area contributed by atoms with Crippen LogP contribution in [0.3, 0.4) is 0 Å². The van der Waals surface area contributed by atoms with Gasteiger partial charge in [-0.1, -0.05) is 12.1 Å². The highest BCUT2D eigenvalue weighted by molar-refractivity contribution is 7.71. The van der Waals surface area contributed by atoms with Crippen LogP contribution in [0.1, 0.15) is 10.4 Å². The molecule has 0 saturated carbocycles. The van der Waals surface area contributed by atoms with Crippen molar-refractivity contribution < 1.29 is 18.3 Å². The quantitative estimate of drug-likeness (QED) is 0.699. The van der Waals surface area contributed by atoms with E-state index >= 15 is 0 Å². The van der Waals surface area contributed by atoms with Crippen LogP contribution >= 0.6 is 12.2 Å². The van der Waals surface area contributed by atoms with Gasteiger partial charge in [-0.2, -0.15) is 13.5 Å². The number of ether oxygens (including phenoxy) is 1. The van der Waals surface area contributed by atoms with E-state index in [9.17, 15) is 18.4 Å². The van der Waals surface area contributed by atoms with E-state index in [1.54, 1.807) is 24.3 Å². The van der Waals surface area contributed by atoms with Gasteiger partial charge in [-0.3, -0.25) is 15.0 Å². The molecular weight excluding hydrogens is 352 g/mol. The highest BCUT2D eigenvalue weighted by Gasteiger charge is 2.11. The Balaban J connectivity index is 1.89. The van der Waals surface area contributed by atoms with Crippen LogP contribution in [0, 0.1) is 4.77 Å². The Kier molecular flexibility index (Phi) is 4.57. The molecule has 1 amide bonds. The first kappa shape index (κ1) is 16.8. The van der Waals surface area contributed by atoms with Crippen molar-refractivity contribution >= 4 is 29.0 Å². The van der Waals surface area contributed by atoms with Gasteiger partial charge in [0.1, 0.15) is 5.75 Å². The van der Waals surface area contributed by atoms with Crippen molar-refractivity contribution in [3.63, 3.8) is 0 Å². The number of fused-ring (bicyclic) bond motifs is 1. The third kappa shape index (κ3) is 3.56. The number of H-pyrrole nitrogens is 1. The fourth-order valence-electron chi connectivity index (χ4n) is 2.22. The Morgan fingerprint density at radius 2 is 1.84 bits per heavy atom. The predicted molar refractivity (Wildman–Crippen MR) is 90.2 cm³/mol. The van der Waals surface area contributed by atoms with Gasteiger partial charge in [0.25, 0.3) is 11.5 Å². The third-order valence-corrected chi connectivity index (χ3v) is 3.64. The highest BCUT2D eigenvalue weighted by Crippen LogP contribution is 2.15. The van der Waals surface area contributed by atoms with Gasteiger partial charge in [-0.05, 0) is 48.6 Å². The fourth-order valence-corrected chi connectivity index (χ4v) is 2.46. The summed E-state index contributed by atoms with van der Waals surface area (Å²) < 4.78 is 29.4. The van der Waals surface area contributed by atoms with Gasteiger partial charge in [-0.25, -0.2) is 0 Å². The number of amides is 1. The molecule has 0 unspecified atom stereocenters. The Bertz CT molecular complexity index is 1040. The van der Waals surface area contributed by atoms with Crippen molar-refractivity contribution in [2.45, 2.75) is 6.61 Å².